The summed E-state index contributed by atoms with van der Waals surface area (Å²) in [6.45, 7) is 1.63. The van der Waals surface area contributed by atoms with Crippen LogP contribution in [-0.2, 0) is 11.3 Å². The lowest BCUT2D eigenvalue weighted by Gasteiger charge is -2.32. The molecule has 1 fully saturated rings. The fraction of sp³-hybridized carbons (Fsp3) is 0.562. The summed E-state index contributed by atoms with van der Waals surface area (Å²) in [6, 6.07) is 4.43. The van der Waals surface area contributed by atoms with E-state index < -0.39 is 0 Å². The third-order valence-electron chi connectivity index (χ3n) is 4.68. The van der Waals surface area contributed by atoms with Crippen LogP contribution in [0.4, 0.5) is 5.69 Å². The molecule has 112 valence electrons. The maximum Gasteiger partial charge on any atom is 0.231 e. The first-order valence-corrected chi connectivity index (χ1v) is 7.77. The van der Waals surface area contributed by atoms with Gasteiger partial charge in [0.1, 0.15) is 0 Å². The first-order valence-electron chi connectivity index (χ1n) is 7.77. The third kappa shape index (κ3) is 2.30. The molecule has 2 heterocycles. The monoisotopic (exact) mass is 288 g/mol. The number of hydrogen-bond acceptors (Lipinski definition) is 4. The van der Waals surface area contributed by atoms with E-state index in [-0.39, 0.29) is 12.7 Å². The predicted molar refractivity (Wildman–Crippen MR) is 78.5 cm³/mol. The zero-order valence-corrected chi connectivity index (χ0v) is 12.1. The van der Waals surface area contributed by atoms with Gasteiger partial charge in [0.15, 0.2) is 11.5 Å². The Kier molecular flexibility index (Phi) is 3.13. The Labute approximate surface area is 124 Å². The van der Waals surface area contributed by atoms with Crippen LogP contribution in [0.3, 0.4) is 0 Å². The van der Waals surface area contributed by atoms with Crippen molar-refractivity contribution in [2.24, 2.45) is 0 Å². The molecule has 0 atom stereocenters. The Hall–Kier alpha value is -1.91. The summed E-state index contributed by atoms with van der Waals surface area (Å²) in [5, 5.41) is 3.35. The van der Waals surface area contributed by atoms with Crippen molar-refractivity contribution in [3.63, 3.8) is 0 Å². The van der Waals surface area contributed by atoms with Crippen LogP contribution >= 0.6 is 0 Å². The number of carbonyl (C=O) groups excluding carboxylic acids is 1. The third-order valence-corrected chi connectivity index (χ3v) is 4.68. The molecule has 5 nitrogen and oxygen atoms in total. The zero-order valence-electron chi connectivity index (χ0n) is 12.1. The fourth-order valence-corrected chi connectivity index (χ4v) is 3.55. The second kappa shape index (κ2) is 5.13. The van der Waals surface area contributed by atoms with Gasteiger partial charge in [-0.2, -0.15) is 0 Å². The van der Waals surface area contributed by atoms with Gasteiger partial charge in [-0.15, -0.1) is 0 Å². The lowest BCUT2D eigenvalue weighted by atomic mass is 10.1. The molecule has 1 aliphatic carbocycles. The Balaban J connectivity index is 1.67. The number of anilines is 1. The number of ether oxygens (including phenoxy) is 2. The smallest absolute Gasteiger partial charge is 0.231 e. The number of nitrogens with zero attached hydrogens (tertiary/aromatic N) is 1. The van der Waals surface area contributed by atoms with Crippen LogP contribution in [0.2, 0.25) is 0 Å². The molecule has 21 heavy (non-hydrogen) atoms. The molecule has 1 amide bonds. The van der Waals surface area contributed by atoms with Crippen molar-refractivity contribution in [2.45, 2.75) is 44.7 Å². The summed E-state index contributed by atoms with van der Waals surface area (Å²) in [4.78, 5) is 14.5. The summed E-state index contributed by atoms with van der Waals surface area (Å²) in [7, 11) is 0. The summed E-state index contributed by atoms with van der Waals surface area (Å²) in [5.74, 6) is 1.84. The van der Waals surface area contributed by atoms with E-state index >= 15 is 0 Å². The van der Waals surface area contributed by atoms with E-state index in [1.54, 1.807) is 0 Å². The van der Waals surface area contributed by atoms with E-state index in [9.17, 15) is 4.79 Å². The number of nitrogens with one attached hydrogen (secondary N) is 1. The van der Waals surface area contributed by atoms with Gasteiger partial charge in [0.25, 0.3) is 0 Å². The molecule has 2 aliphatic heterocycles. The van der Waals surface area contributed by atoms with Crippen LogP contribution in [0.15, 0.2) is 12.1 Å². The lowest BCUT2D eigenvalue weighted by molar-refractivity contribution is -0.134. The molecular weight excluding hydrogens is 268 g/mol. The minimum Gasteiger partial charge on any atom is -0.454 e. The summed E-state index contributed by atoms with van der Waals surface area (Å²) >= 11 is 0. The number of carbonyl (C=O) groups is 1. The topological polar surface area (TPSA) is 50.8 Å². The lowest BCUT2D eigenvalue weighted by Crippen LogP contribution is -2.40. The number of hydrogen-bond donors (Lipinski definition) is 1. The van der Waals surface area contributed by atoms with E-state index in [0.717, 1.165) is 35.6 Å². The maximum atomic E-state index is 12.4. The van der Waals surface area contributed by atoms with Crippen molar-refractivity contribution >= 4 is 11.6 Å². The Morgan fingerprint density at radius 1 is 1.14 bits per heavy atom. The SMILES string of the molecule is O=C1CCNc2cc3c(cc2CN1C1CCCC1)OCO3. The summed E-state index contributed by atoms with van der Waals surface area (Å²) < 4.78 is 10.9. The molecule has 0 saturated heterocycles. The van der Waals surface area contributed by atoms with Gasteiger partial charge < -0.3 is 19.7 Å². The summed E-state index contributed by atoms with van der Waals surface area (Å²) in [5.41, 5.74) is 2.19. The number of benzene rings is 1. The zero-order chi connectivity index (χ0) is 14.2. The van der Waals surface area contributed by atoms with E-state index in [4.69, 9.17) is 9.47 Å². The Morgan fingerprint density at radius 3 is 2.71 bits per heavy atom. The average Bonchev–Trinajstić information content (AvgIpc) is 3.13. The first kappa shape index (κ1) is 12.8. The second-order valence-electron chi connectivity index (χ2n) is 6.00. The van der Waals surface area contributed by atoms with Crippen molar-refractivity contribution in [3.05, 3.63) is 17.7 Å². The standard InChI is InChI=1S/C16H20N2O3/c19-16-5-6-17-13-8-15-14(20-10-21-15)7-11(13)9-18(16)12-3-1-2-4-12/h7-8,12,17H,1-6,9-10H2. The molecule has 1 saturated carbocycles. The van der Waals surface area contributed by atoms with Crippen molar-refractivity contribution in [2.75, 3.05) is 18.7 Å². The molecule has 1 aromatic carbocycles. The Morgan fingerprint density at radius 2 is 1.90 bits per heavy atom. The number of fused-ring (bicyclic) bond motifs is 2. The van der Waals surface area contributed by atoms with Crippen molar-refractivity contribution in [1.82, 2.24) is 4.90 Å². The van der Waals surface area contributed by atoms with Gasteiger partial charge in [0.05, 0.1) is 0 Å². The normalized spacial score (nSPS) is 21.7. The van der Waals surface area contributed by atoms with Crippen LogP contribution in [0.25, 0.3) is 0 Å². The maximum absolute atomic E-state index is 12.4. The van der Waals surface area contributed by atoms with Crippen LogP contribution in [-0.4, -0.2) is 30.2 Å². The van der Waals surface area contributed by atoms with Gasteiger partial charge in [-0.05, 0) is 24.5 Å². The largest absolute Gasteiger partial charge is 0.454 e. The minimum absolute atomic E-state index is 0.262. The number of amides is 1. The molecule has 5 heteroatoms. The van der Waals surface area contributed by atoms with Crippen LogP contribution in [0.1, 0.15) is 37.7 Å². The highest BCUT2D eigenvalue weighted by molar-refractivity contribution is 5.78. The first-order chi connectivity index (χ1) is 10.3. The molecule has 1 aromatic rings. The molecule has 0 radical (unpaired) electrons. The highest BCUT2D eigenvalue weighted by atomic mass is 16.7. The van der Waals surface area contributed by atoms with Gasteiger partial charge in [0, 0.05) is 37.3 Å². The molecular formula is C16H20N2O3. The van der Waals surface area contributed by atoms with E-state index in [1.165, 1.54) is 12.8 Å². The molecule has 1 N–H and O–H groups in total. The average molecular weight is 288 g/mol. The van der Waals surface area contributed by atoms with E-state index in [0.29, 0.717) is 25.6 Å². The van der Waals surface area contributed by atoms with Crippen molar-refractivity contribution in [1.29, 1.82) is 0 Å². The molecule has 0 aromatic heterocycles. The van der Waals surface area contributed by atoms with Crippen LogP contribution in [0.5, 0.6) is 11.5 Å². The van der Waals surface area contributed by atoms with Gasteiger partial charge >= 0.3 is 0 Å². The fourth-order valence-electron chi connectivity index (χ4n) is 3.55. The second-order valence-corrected chi connectivity index (χ2v) is 6.00. The van der Waals surface area contributed by atoms with Gasteiger partial charge in [-0.25, -0.2) is 0 Å². The summed E-state index contributed by atoms with van der Waals surface area (Å²) in [6.07, 6.45) is 5.31. The van der Waals surface area contributed by atoms with E-state index in [1.807, 2.05) is 12.1 Å². The highest BCUT2D eigenvalue weighted by Gasteiger charge is 2.29. The van der Waals surface area contributed by atoms with Gasteiger partial charge in [-0.1, -0.05) is 12.8 Å². The minimum atomic E-state index is 0.262. The molecule has 0 bridgehead atoms. The molecule has 4 rings (SSSR count). The van der Waals surface area contributed by atoms with E-state index in [2.05, 4.69) is 10.2 Å². The molecule has 0 spiro atoms. The number of rotatable bonds is 1. The quantitative estimate of drug-likeness (QED) is 0.862. The predicted octanol–water partition coefficient (Wildman–Crippen LogP) is 2.50. The van der Waals surface area contributed by atoms with Gasteiger partial charge in [0.2, 0.25) is 12.7 Å². The Bertz CT molecular complexity index is 567. The highest BCUT2D eigenvalue weighted by Crippen LogP contribution is 2.38. The van der Waals surface area contributed by atoms with Crippen LogP contribution < -0.4 is 14.8 Å². The van der Waals surface area contributed by atoms with Crippen molar-refractivity contribution in [3.8, 4) is 11.5 Å². The van der Waals surface area contributed by atoms with Crippen molar-refractivity contribution < 1.29 is 14.3 Å². The molecule has 0 unspecified atom stereocenters. The van der Waals surface area contributed by atoms with Gasteiger partial charge in [-0.3, -0.25) is 4.79 Å². The van der Waals surface area contributed by atoms with Crippen LogP contribution in [0, 0.1) is 0 Å². The molecule has 3 aliphatic rings.